The SMILES string of the molecule is CCS(=O)(=O)c1c(NCCN(C)C)sc(C#N)c1N. The Morgan fingerprint density at radius 2 is 2.11 bits per heavy atom. The highest BCUT2D eigenvalue weighted by molar-refractivity contribution is 7.91. The Hall–Kier alpha value is -1.30. The van der Waals surface area contributed by atoms with Crippen LogP contribution >= 0.6 is 11.3 Å². The Kier molecular flexibility index (Phi) is 5.17. The quantitative estimate of drug-likeness (QED) is 0.812. The van der Waals surface area contributed by atoms with Crippen LogP contribution < -0.4 is 11.1 Å². The van der Waals surface area contributed by atoms with E-state index >= 15 is 0 Å². The number of likely N-dealkylation sites (N-methyl/N-ethyl adjacent to an activating group) is 1. The number of thiophene rings is 1. The van der Waals surface area contributed by atoms with Gasteiger partial charge in [0.1, 0.15) is 20.8 Å². The Balaban J connectivity index is 3.14. The van der Waals surface area contributed by atoms with Crippen LogP contribution in [0.3, 0.4) is 0 Å². The highest BCUT2D eigenvalue weighted by Crippen LogP contribution is 2.39. The molecule has 0 saturated carbocycles. The third kappa shape index (κ3) is 3.59. The Labute approximate surface area is 117 Å². The summed E-state index contributed by atoms with van der Waals surface area (Å²) in [6, 6.07) is 1.93. The maximum Gasteiger partial charge on any atom is 0.183 e. The van der Waals surface area contributed by atoms with E-state index in [9.17, 15) is 8.42 Å². The molecule has 0 aliphatic heterocycles. The molecule has 0 bridgehead atoms. The monoisotopic (exact) mass is 302 g/mol. The standard InChI is InChI=1S/C11H18N4O2S2/c1-4-19(16,17)10-9(13)8(7-12)18-11(10)14-5-6-15(2)3/h14H,4-6,13H2,1-3H3. The minimum absolute atomic E-state index is 0.0405. The second kappa shape index (κ2) is 6.23. The second-order valence-electron chi connectivity index (χ2n) is 4.25. The smallest absolute Gasteiger partial charge is 0.183 e. The molecule has 0 radical (unpaired) electrons. The van der Waals surface area contributed by atoms with Crippen molar-refractivity contribution in [2.75, 3.05) is 44.0 Å². The average molecular weight is 302 g/mol. The van der Waals surface area contributed by atoms with Crippen molar-refractivity contribution >= 4 is 31.9 Å². The van der Waals surface area contributed by atoms with Crippen LogP contribution in [-0.2, 0) is 9.84 Å². The largest absolute Gasteiger partial charge is 0.396 e. The molecule has 0 aliphatic rings. The minimum Gasteiger partial charge on any atom is -0.396 e. The zero-order valence-electron chi connectivity index (χ0n) is 11.2. The number of sulfone groups is 1. The van der Waals surface area contributed by atoms with E-state index in [1.165, 1.54) is 0 Å². The predicted octanol–water partition coefficient (Wildman–Crippen LogP) is 0.969. The van der Waals surface area contributed by atoms with E-state index in [-0.39, 0.29) is 21.2 Å². The highest BCUT2D eigenvalue weighted by Gasteiger charge is 2.25. The van der Waals surface area contributed by atoms with Gasteiger partial charge in [-0.3, -0.25) is 0 Å². The molecular weight excluding hydrogens is 284 g/mol. The van der Waals surface area contributed by atoms with Crippen LogP contribution in [-0.4, -0.2) is 46.3 Å². The van der Waals surface area contributed by atoms with Crippen molar-refractivity contribution in [3.05, 3.63) is 4.88 Å². The molecule has 0 aromatic carbocycles. The number of nitriles is 1. The predicted molar refractivity (Wildman–Crippen MR) is 78.2 cm³/mol. The molecule has 8 heteroatoms. The van der Waals surface area contributed by atoms with E-state index < -0.39 is 9.84 Å². The van der Waals surface area contributed by atoms with Gasteiger partial charge in [0.2, 0.25) is 0 Å². The lowest BCUT2D eigenvalue weighted by Gasteiger charge is -2.11. The van der Waals surface area contributed by atoms with Gasteiger partial charge in [-0.15, -0.1) is 11.3 Å². The number of nitrogen functional groups attached to an aromatic ring is 1. The molecule has 6 nitrogen and oxygen atoms in total. The van der Waals surface area contributed by atoms with E-state index in [1.54, 1.807) is 6.92 Å². The maximum absolute atomic E-state index is 12.0. The second-order valence-corrected chi connectivity index (χ2v) is 7.48. The number of anilines is 2. The normalized spacial score (nSPS) is 11.5. The molecule has 3 N–H and O–H groups in total. The zero-order valence-corrected chi connectivity index (χ0v) is 12.9. The third-order valence-corrected chi connectivity index (χ3v) is 5.54. The molecule has 1 aromatic rings. The van der Waals surface area contributed by atoms with E-state index in [0.29, 0.717) is 11.5 Å². The summed E-state index contributed by atoms with van der Waals surface area (Å²) in [5.74, 6) is -0.0405. The number of rotatable bonds is 6. The third-order valence-electron chi connectivity index (χ3n) is 2.54. The van der Waals surface area contributed by atoms with Gasteiger partial charge in [-0.25, -0.2) is 8.42 Å². The van der Waals surface area contributed by atoms with Crippen molar-refractivity contribution < 1.29 is 8.42 Å². The fourth-order valence-corrected chi connectivity index (χ4v) is 3.96. The Morgan fingerprint density at radius 1 is 1.47 bits per heavy atom. The molecule has 0 aliphatic carbocycles. The van der Waals surface area contributed by atoms with Gasteiger partial charge in [-0.05, 0) is 14.1 Å². The van der Waals surface area contributed by atoms with Crippen molar-refractivity contribution in [3.8, 4) is 6.07 Å². The molecule has 1 heterocycles. The van der Waals surface area contributed by atoms with Crippen LogP contribution in [0.4, 0.5) is 10.7 Å². The van der Waals surface area contributed by atoms with Crippen LogP contribution in [0.25, 0.3) is 0 Å². The first kappa shape index (κ1) is 15.8. The molecular formula is C11H18N4O2S2. The summed E-state index contributed by atoms with van der Waals surface area (Å²) in [4.78, 5) is 2.28. The van der Waals surface area contributed by atoms with Crippen LogP contribution in [0, 0.1) is 11.3 Å². The van der Waals surface area contributed by atoms with Crippen molar-refractivity contribution in [1.29, 1.82) is 5.26 Å². The Bertz CT molecular complexity index is 585. The van der Waals surface area contributed by atoms with Gasteiger partial charge in [-0.1, -0.05) is 6.92 Å². The van der Waals surface area contributed by atoms with Gasteiger partial charge < -0.3 is 16.0 Å². The summed E-state index contributed by atoms with van der Waals surface area (Å²) < 4.78 is 24.1. The molecule has 0 atom stereocenters. The summed E-state index contributed by atoms with van der Waals surface area (Å²) in [6.07, 6.45) is 0. The Morgan fingerprint density at radius 3 is 2.58 bits per heavy atom. The first-order chi connectivity index (χ1) is 8.83. The number of hydrogen-bond acceptors (Lipinski definition) is 7. The fraction of sp³-hybridized carbons (Fsp3) is 0.545. The van der Waals surface area contributed by atoms with Gasteiger partial charge in [-0.2, -0.15) is 5.26 Å². The van der Waals surface area contributed by atoms with Crippen molar-refractivity contribution in [2.24, 2.45) is 0 Å². The van der Waals surface area contributed by atoms with E-state index in [1.807, 2.05) is 25.1 Å². The molecule has 1 rings (SSSR count). The molecule has 106 valence electrons. The van der Waals surface area contributed by atoms with E-state index in [2.05, 4.69) is 5.32 Å². The first-order valence-electron chi connectivity index (χ1n) is 5.77. The van der Waals surface area contributed by atoms with Gasteiger partial charge in [0.05, 0.1) is 11.4 Å². The van der Waals surface area contributed by atoms with Gasteiger partial charge in [0.15, 0.2) is 9.84 Å². The number of nitrogens with two attached hydrogens (primary N) is 1. The lowest BCUT2D eigenvalue weighted by atomic mass is 10.4. The summed E-state index contributed by atoms with van der Waals surface area (Å²) in [7, 11) is 0.410. The van der Waals surface area contributed by atoms with Gasteiger partial charge in [0, 0.05) is 13.1 Å². The lowest BCUT2D eigenvalue weighted by molar-refractivity contribution is 0.425. The van der Waals surface area contributed by atoms with Crippen LogP contribution in [0.1, 0.15) is 11.8 Å². The number of hydrogen-bond donors (Lipinski definition) is 2. The van der Waals surface area contributed by atoms with Crippen LogP contribution in [0.15, 0.2) is 4.90 Å². The average Bonchev–Trinajstić information content (AvgIpc) is 2.66. The van der Waals surface area contributed by atoms with Crippen molar-refractivity contribution in [3.63, 3.8) is 0 Å². The molecule has 19 heavy (non-hydrogen) atoms. The van der Waals surface area contributed by atoms with Crippen LogP contribution in [0.2, 0.25) is 0 Å². The summed E-state index contributed by atoms with van der Waals surface area (Å²) in [6.45, 7) is 2.90. The van der Waals surface area contributed by atoms with E-state index in [0.717, 1.165) is 17.9 Å². The molecule has 1 aromatic heterocycles. The molecule has 0 saturated heterocycles. The lowest BCUT2D eigenvalue weighted by Crippen LogP contribution is -2.21. The molecule has 0 amide bonds. The highest BCUT2D eigenvalue weighted by atomic mass is 32.2. The van der Waals surface area contributed by atoms with Gasteiger partial charge >= 0.3 is 0 Å². The minimum atomic E-state index is -3.44. The fourth-order valence-electron chi connectivity index (χ4n) is 1.47. The summed E-state index contributed by atoms with van der Waals surface area (Å²) in [5, 5.41) is 12.5. The van der Waals surface area contributed by atoms with Crippen LogP contribution in [0.5, 0.6) is 0 Å². The molecule has 0 fully saturated rings. The van der Waals surface area contributed by atoms with E-state index in [4.69, 9.17) is 11.0 Å². The summed E-state index contributed by atoms with van der Waals surface area (Å²) >= 11 is 1.09. The first-order valence-corrected chi connectivity index (χ1v) is 8.24. The molecule has 0 spiro atoms. The maximum atomic E-state index is 12.0. The zero-order chi connectivity index (χ0) is 14.6. The van der Waals surface area contributed by atoms with Gasteiger partial charge in [0.25, 0.3) is 0 Å². The number of nitrogens with one attached hydrogen (secondary N) is 1. The van der Waals surface area contributed by atoms with Crippen molar-refractivity contribution in [1.82, 2.24) is 4.90 Å². The topological polar surface area (TPSA) is 99.2 Å². The number of nitrogens with zero attached hydrogens (tertiary/aromatic N) is 2. The van der Waals surface area contributed by atoms with Crippen molar-refractivity contribution in [2.45, 2.75) is 11.8 Å². The summed E-state index contributed by atoms with van der Waals surface area (Å²) in [5.41, 5.74) is 5.82. The molecule has 0 unspecified atom stereocenters.